The number of hydrogen-bond donors (Lipinski definition) is 1. The van der Waals surface area contributed by atoms with Crippen LogP contribution in [-0.2, 0) is 7.05 Å². The van der Waals surface area contributed by atoms with Gasteiger partial charge < -0.3 is 10.2 Å². The minimum Gasteiger partial charge on any atom is -0.307 e. The molecule has 0 aromatic carbocycles. The summed E-state index contributed by atoms with van der Waals surface area (Å²) in [5.41, 5.74) is 1.23. The van der Waals surface area contributed by atoms with Crippen molar-refractivity contribution < 1.29 is 0 Å². The molecule has 0 aliphatic carbocycles. The first kappa shape index (κ1) is 14.2. The Bertz CT molecular complexity index is 322. The molecule has 4 nitrogen and oxygen atoms in total. The van der Waals surface area contributed by atoms with Crippen LogP contribution in [0.15, 0.2) is 12.3 Å². The van der Waals surface area contributed by atoms with Crippen molar-refractivity contribution >= 4 is 0 Å². The summed E-state index contributed by atoms with van der Waals surface area (Å²) < 4.78 is 1.93. The smallest absolute Gasteiger partial charge is 0.0547 e. The Morgan fingerprint density at radius 3 is 2.41 bits per heavy atom. The zero-order chi connectivity index (χ0) is 13.0. The number of aromatic nitrogens is 2. The summed E-state index contributed by atoms with van der Waals surface area (Å²) in [7, 11) is 6.27. The zero-order valence-electron chi connectivity index (χ0n) is 11.9. The Morgan fingerprint density at radius 2 is 2.00 bits per heavy atom. The van der Waals surface area contributed by atoms with E-state index in [-0.39, 0.29) is 0 Å². The molecule has 0 spiro atoms. The Balaban J connectivity index is 2.52. The van der Waals surface area contributed by atoms with Crippen LogP contribution < -0.4 is 5.32 Å². The normalized spacial score (nSPS) is 15.5. The maximum absolute atomic E-state index is 4.20. The number of nitrogens with zero attached hydrogens (tertiary/aromatic N) is 3. The van der Waals surface area contributed by atoms with Crippen molar-refractivity contribution in [3.05, 3.63) is 18.0 Å². The topological polar surface area (TPSA) is 33.1 Å². The lowest BCUT2D eigenvalue weighted by atomic mass is 10.0. The van der Waals surface area contributed by atoms with E-state index in [2.05, 4.69) is 56.2 Å². The van der Waals surface area contributed by atoms with Gasteiger partial charge in [-0.2, -0.15) is 5.10 Å². The van der Waals surface area contributed by atoms with Gasteiger partial charge in [-0.25, -0.2) is 0 Å². The van der Waals surface area contributed by atoms with Gasteiger partial charge in [0.25, 0.3) is 0 Å². The van der Waals surface area contributed by atoms with Crippen LogP contribution in [0, 0.1) is 5.92 Å². The van der Waals surface area contributed by atoms with Crippen LogP contribution in [0.3, 0.4) is 0 Å². The third-order valence-corrected chi connectivity index (χ3v) is 3.37. The first-order valence-corrected chi connectivity index (χ1v) is 6.31. The fourth-order valence-electron chi connectivity index (χ4n) is 2.23. The van der Waals surface area contributed by atoms with Gasteiger partial charge in [0.15, 0.2) is 0 Å². The largest absolute Gasteiger partial charge is 0.307 e. The van der Waals surface area contributed by atoms with E-state index in [1.165, 1.54) is 5.69 Å². The first-order valence-electron chi connectivity index (χ1n) is 6.31. The highest BCUT2D eigenvalue weighted by atomic mass is 15.3. The van der Waals surface area contributed by atoms with E-state index in [4.69, 9.17) is 0 Å². The van der Waals surface area contributed by atoms with E-state index in [1.807, 2.05) is 17.9 Å². The number of aryl methyl sites for hydroxylation is 1. The van der Waals surface area contributed by atoms with Gasteiger partial charge in [0, 0.05) is 31.9 Å². The Labute approximate surface area is 105 Å². The molecule has 2 unspecified atom stereocenters. The number of rotatable bonds is 6. The van der Waals surface area contributed by atoms with Crippen LogP contribution in [0.4, 0.5) is 0 Å². The summed E-state index contributed by atoms with van der Waals surface area (Å²) in [6, 6.07) is 2.96. The van der Waals surface area contributed by atoms with E-state index in [9.17, 15) is 0 Å². The second kappa shape index (κ2) is 6.17. The lowest BCUT2D eigenvalue weighted by Crippen LogP contribution is -2.42. The van der Waals surface area contributed by atoms with Crippen molar-refractivity contribution in [3.63, 3.8) is 0 Å². The van der Waals surface area contributed by atoms with E-state index >= 15 is 0 Å². The van der Waals surface area contributed by atoms with Crippen molar-refractivity contribution in [3.8, 4) is 0 Å². The predicted octanol–water partition coefficient (Wildman–Crippen LogP) is 1.66. The van der Waals surface area contributed by atoms with Crippen LogP contribution >= 0.6 is 0 Å². The van der Waals surface area contributed by atoms with Crippen molar-refractivity contribution in [2.75, 3.05) is 20.6 Å². The molecule has 0 radical (unpaired) electrons. The average molecular weight is 238 g/mol. The van der Waals surface area contributed by atoms with Crippen molar-refractivity contribution in [1.82, 2.24) is 20.0 Å². The minimum atomic E-state index is 0.337. The Hall–Kier alpha value is -0.870. The molecule has 1 aromatic rings. The summed E-state index contributed by atoms with van der Waals surface area (Å²) in [6.07, 6.45) is 1.85. The van der Waals surface area contributed by atoms with Crippen LogP contribution in [0.1, 0.15) is 32.5 Å². The summed E-state index contributed by atoms with van der Waals surface area (Å²) in [5, 5.41) is 7.79. The summed E-state index contributed by atoms with van der Waals surface area (Å²) >= 11 is 0. The zero-order valence-corrected chi connectivity index (χ0v) is 11.9. The molecule has 2 atom stereocenters. The summed E-state index contributed by atoms with van der Waals surface area (Å²) in [5.74, 6) is 0.649. The monoisotopic (exact) mass is 238 g/mol. The van der Waals surface area contributed by atoms with Crippen molar-refractivity contribution in [1.29, 1.82) is 0 Å². The maximum atomic E-state index is 4.20. The van der Waals surface area contributed by atoms with Gasteiger partial charge >= 0.3 is 0 Å². The molecule has 0 saturated heterocycles. The molecule has 0 saturated carbocycles. The van der Waals surface area contributed by atoms with E-state index in [1.54, 1.807) is 0 Å². The molecule has 4 heteroatoms. The van der Waals surface area contributed by atoms with Crippen LogP contribution in [0.2, 0.25) is 0 Å². The van der Waals surface area contributed by atoms with E-state index in [0.29, 0.717) is 18.0 Å². The Morgan fingerprint density at radius 1 is 1.35 bits per heavy atom. The van der Waals surface area contributed by atoms with Crippen LogP contribution in [0.25, 0.3) is 0 Å². The van der Waals surface area contributed by atoms with Gasteiger partial charge in [0.1, 0.15) is 0 Å². The molecule has 0 bridgehead atoms. The second-order valence-corrected chi connectivity index (χ2v) is 5.28. The van der Waals surface area contributed by atoms with Gasteiger partial charge in [-0.05, 0) is 33.0 Å². The highest BCUT2D eigenvalue weighted by Crippen LogP contribution is 2.12. The Kier molecular flexibility index (Phi) is 5.15. The molecule has 0 aliphatic heterocycles. The number of hydrogen-bond acceptors (Lipinski definition) is 3. The van der Waals surface area contributed by atoms with Crippen molar-refractivity contribution in [2.24, 2.45) is 13.0 Å². The predicted molar refractivity (Wildman–Crippen MR) is 71.9 cm³/mol. The molecule has 0 aliphatic rings. The molecule has 0 amide bonds. The molecule has 1 rings (SSSR count). The average Bonchev–Trinajstić information content (AvgIpc) is 2.63. The number of nitrogens with one attached hydrogen (secondary N) is 1. The molecule has 98 valence electrons. The van der Waals surface area contributed by atoms with Gasteiger partial charge in [0.05, 0.1) is 5.69 Å². The SMILES string of the molecule is CC(NCC(C(C)C)N(C)C)c1ccnn1C. The van der Waals surface area contributed by atoms with Gasteiger partial charge in [-0.3, -0.25) is 4.68 Å². The molecule has 17 heavy (non-hydrogen) atoms. The van der Waals surface area contributed by atoms with Crippen LogP contribution in [-0.4, -0.2) is 41.4 Å². The lowest BCUT2D eigenvalue weighted by Gasteiger charge is -2.29. The molecule has 1 aromatic heterocycles. The fourth-order valence-corrected chi connectivity index (χ4v) is 2.23. The summed E-state index contributed by atoms with van der Waals surface area (Å²) in [6.45, 7) is 7.71. The molecular formula is C13H26N4. The highest BCUT2D eigenvalue weighted by Gasteiger charge is 2.17. The molecular weight excluding hydrogens is 212 g/mol. The molecule has 0 fully saturated rings. The van der Waals surface area contributed by atoms with Gasteiger partial charge in [-0.1, -0.05) is 13.8 Å². The minimum absolute atomic E-state index is 0.337. The first-order chi connectivity index (χ1) is 7.93. The van der Waals surface area contributed by atoms with Gasteiger partial charge in [-0.15, -0.1) is 0 Å². The van der Waals surface area contributed by atoms with Crippen molar-refractivity contribution in [2.45, 2.75) is 32.9 Å². The maximum Gasteiger partial charge on any atom is 0.0547 e. The quantitative estimate of drug-likeness (QED) is 0.818. The third-order valence-electron chi connectivity index (χ3n) is 3.37. The standard InChI is InChI=1S/C13H26N4/c1-10(2)13(16(4)5)9-14-11(3)12-7-8-15-17(12)6/h7-8,10-11,13-14H,9H2,1-6H3. The lowest BCUT2D eigenvalue weighted by molar-refractivity contribution is 0.219. The third kappa shape index (κ3) is 3.82. The second-order valence-electron chi connectivity index (χ2n) is 5.28. The number of likely N-dealkylation sites (N-methyl/N-ethyl adjacent to an activating group) is 1. The summed E-state index contributed by atoms with van der Waals surface area (Å²) in [4.78, 5) is 2.29. The highest BCUT2D eigenvalue weighted by molar-refractivity contribution is 5.05. The molecule has 1 N–H and O–H groups in total. The van der Waals surface area contributed by atoms with E-state index < -0.39 is 0 Å². The molecule has 1 heterocycles. The van der Waals surface area contributed by atoms with Crippen LogP contribution in [0.5, 0.6) is 0 Å². The van der Waals surface area contributed by atoms with Gasteiger partial charge in [0.2, 0.25) is 0 Å². The fraction of sp³-hybridized carbons (Fsp3) is 0.769. The van der Waals surface area contributed by atoms with E-state index in [0.717, 1.165) is 6.54 Å².